The molecule has 0 amide bonds. The van der Waals surface area contributed by atoms with Gasteiger partial charge < -0.3 is 15.4 Å². The molecule has 104 valence electrons. The average molecular weight is 265 g/mol. The highest BCUT2D eigenvalue weighted by molar-refractivity contribution is 5.42. The highest BCUT2D eigenvalue weighted by Crippen LogP contribution is 2.23. The molecule has 1 heterocycles. The molecular weight excluding hydrogens is 246 g/mol. The van der Waals surface area contributed by atoms with Gasteiger partial charge in [-0.1, -0.05) is 0 Å². The first-order valence-electron chi connectivity index (χ1n) is 6.30. The first-order valence-corrected chi connectivity index (χ1v) is 6.30. The molecule has 6 heteroatoms. The van der Waals surface area contributed by atoms with Crippen LogP contribution in [0.3, 0.4) is 0 Å². The molecule has 1 unspecified atom stereocenters. The maximum Gasteiger partial charge on any atom is 0.273 e. The molecule has 0 saturated carbocycles. The van der Waals surface area contributed by atoms with E-state index in [-0.39, 0.29) is 11.2 Å². The molecule has 0 aliphatic carbocycles. The van der Waals surface area contributed by atoms with Crippen molar-refractivity contribution in [2.75, 3.05) is 20.2 Å². The summed E-state index contributed by atoms with van der Waals surface area (Å²) in [6, 6.07) is 4.84. The first-order chi connectivity index (χ1) is 9.02. The second-order valence-corrected chi connectivity index (χ2v) is 5.14. The second kappa shape index (κ2) is 5.54. The van der Waals surface area contributed by atoms with E-state index in [1.54, 1.807) is 6.07 Å². The zero-order valence-electron chi connectivity index (χ0n) is 11.2. The van der Waals surface area contributed by atoms with Gasteiger partial charge in [-0.05, 0) is 31.5 Å². The summed E-state index contributed by atoms with van der Waals surface area (Å²) in [6.45, 7) is 4.67. The normalized spacial score (nSPS) is 22.4. The predicted octanol–water partition coefficient (Wildman–Crippen LogP) is 1.44. The fourth-order valence-electron chi connectivity index (χ4n) is 2.25. The molecule has 1 aromatic rings. The number of nitro groups is 1. The van der Waals surface area contributed by atoms with E-state index in [0.29, 0.717) is 12.3 Å². The smallest absolute Gasteiger partial charge is 0.273 e. The molecule has 1 fully saturated rings. The molecule has 1 aliphatic heterocycles. The molecule has 2 rings (SSSR count). The lowest BCUT2D eigenvalue weighted by molar-refractivity contribution is -0.385. The van der Waals surface area contributed by atoms with Gasteiger partial charge in [0.05, 0.1) is 18.1 Å². The lowest BCUT2D eigenvalue weighted by Gasteiger charge is -2.24. The third-order valence-electron chi connectivity index (χ3n) is 3.49. The van der Waals surface area contributed by atoms with Crippen LogP contribution in [0.2, 0.25) is 0 Å². The van der Waals surface area contributed by atoms with Gasteiger partial charge in [0.25, 0.3) is 5.69 Å². The molecule has 0 spiro atoms. The second-order valence-electron chi connectivity index (χ2n) is 5.14. The summed E-state index contributed by atoms with van der Waals surface area (Å²) in [7, 11) is 1.51. The first kappa shape index (κ1) is 13.8. The standard InChI is InChI=1S/C13H19N3O3/c1-13(3-4-14-9-13)15-8-10-5-11(16(17)18)7-12(6-10)19-2/h5-7,14-15H,3-4,8-9H2,1-2H3. The fourth-order valence-corrected chi connectivity index (χ4v) is 2.25. The Balaban J connectivity index is 2.10. The molecule has 1 saturated heterocycles. The van der Waals surface area contributed by atoms with Gasteiger partial charge in [0.1, 0.15) is 5.75 Å². The number of hydrogen-bond donors (Lipinski definition) is 2. The molecule has 1 aromatic carbocycles. The topological polar surface area (TPSA) is 76.4 Å². The zero-order chi connectivity index (χ0) is 13.9. The van der Waals surface area contributed by atoms with Crippen LogP contribution in [0.25, 0.3) is 0 Å². The van der Waals surface area contributed by atoms with Gasteiger partial charge in [0, 0.05) is 24.7 Å². The molecule has 0 bridgehead atoms. The van der Waals surface area contributed by atoms with Gasteiger partial charge >= 0.3 is 0 Å². The number of nitro benzene ring substituents is 1. The van der Waals surface area contributed by atoms with Crippen LogP contribution < -0.4 is 15.4 Å². The minimum Gasteiger partial charge on any atom is -0.496 e. The molecule has 1 atom stereocenters. The Hall–Kier alpha value is -1.66. The highest BCUT2D eigenvalue weighted by atomic mass is 16.6. The van der Waals surface area contributed by atoms with Crippen molar-refractivity contribution in [3.8, 4) is 5.75 Å². The Kier molecular flexibility index (Phi) is 4.01. The van der Waals surface area contributed by atoms with Crippen LogP contribution in [-0.4, -0.2) is 30.7 Å². The molecule has 19 heavy (non-hydrogen) atoms. The Morgan fingerprint density at radius 1 is 1.53 bits per heavy atom. The van der Waals surface area contributed by atoms with Crippen LogP contribution in [0, 0.1) is 10.1 Å². The predicted molar refractivity (Wildman–Crippen MR) is 72.4 cm³/mol. The molecule has 2 N–H and O–H groups in total. The van der Waals surface area contributed by atoms with Crippen molar-refractivity contribution in [1.29, 1.82) is 0 Å². The van der Waals surface area contributed by atoms with Crippen molar-refractivity contribution < 1.29 is 9.66 Å². The van der Waals surface area contributed by atoms with Gasteiger partial charge in [0.15, 0.2) is 0 Å². The van der Waals surface area contributed by atoms with Gasteiger partial charge in [0.2, 0.25) is 0 Å². The fraction of sp³-hybridized carbons (Fsp3) is 0.538. The van der Waals surface area contributed by atoms with Crippen molar-refractivity contribution in [1.82, 2.24) is 10.6 Å². The van der Waals surface area contributed by atoms with E-state index in [9.17, 15) is 10.1 Å². The number of rotatable bonds is 5. The molecule has 1 aliphatic rings. The number of non-ortho nitro benzene ring substituents is 1. The maximum atomic E-state index is 10.9. The summed E-state index contributed by atoms with van der Waals surface area (Å²) in [5.74, 6) is 0.515. The van der Waals surface area contributed by atoms with E-state index >= 15 is 0 Å². The number of nitrogens with one attached hydrogen (secondary N) is 2. The summed E-state index contributed by atoms with van der Waals surface area (Å²) in [5, 5.41) is 17.6. The number of nitrogens with zero attached hydrogens (tertiary/aromatic N) is 1. The van der Waals surface area contributed by atoms with Crippen LogP contribution >= 0.6 is 0 Å². The van der Waals surface area contributed by atoms with Gasteiger partial charge in [-0.3, -0.25) is 10.1 Å². The summed E-state index contributed by atoms with van der Waals surface area (Å²) >= 11 is 0. The summed E-state index contributed by atoms with van der Waals surface area (Å²) in [6.07, 6.45) is 1.05. The van der Waals surface area contributed by atoms with E-state index in [1.807, 2.05) is 6.07 Å². The minimum atomic E-state index is -0.398. The monoisotopic (exact) mass is 265 g/mol. The van der Waals surface area contributed by atoms with Crippen LogP contribution in [0.5, 0.6) is 5.75 Å². The SMILES string of the molecule is COc1cc(CNC2(C)CCNC2)cc([N+](=O)[O-])c1. The molecule has 0 radical (unpaired) electrons. The highest BCUT2D eigenvalue weighted by Gasteiger charge is 2.27. The van der Waals surface area contributed by atoms with Crippen LogP contribution in [0.4, 0.5) is 5.69 Å². The Labute approximate surface area is 112 Å². The quantitative estimate of drug-likeness (QED) is 0.622. The summed E-state index contributed by atoms with van der Waals surface area (Å²) < 4.78 is 5.10. The van der Waals surface area contributed by atoms with Gasteiger partial charge in [-0.2, -0.15) is 0 Å². The van der Waals surface area contributed by atoms with Gasteiger partial charge in [-0.25, -0.2) is 0 Å². The largest absolute Gasteiger partial charge is 0.496 e. The number of methoxy groups -OCH3 is 1. The van der Waals surface area contributed by atoms with E-state index in [1.165, 1.54) is 13.2 Å². The minimum absolute atomic E-state index is 0.0534. The third kappa shape index (κ3) is 3.42. The van der Waals surface area contributed by atoms with Crippen molar-refractivity contribution in [3.05, 3.63) is 33.9 Å². The number of benzene rings is 1. The van der Waals surface area contributed by atoms with E-state index in [4.69, 9.17) is 4.74 Å². The van der Waals surface area contributed by atoms with Crippen molar-refractivity contribution in [2.24, 2.45) is 0 Å². The Bertz CT molecular complexity index is 470. The molecule has 6 nitrogen and oxygen atoms in total. The Morgan fingerprint density at radius 2 is 2.32 bits per heavy atom. The van der Waals surface area contributed by atoms with Crippen LogP contribution in [0.15, 0.2) is 18.2 Å². The summed E-state index contributed by atoms with van der Waals surface area (Å²) in [5.41, 5.74) is 0.975. The van der Waals surface area contributed by atoms with Crippen molar-refractivity contribution >= 4 is 5.69 Å². The van der Waals surface area contributed by atoms with Crippen LogP contribution in [-0.2, 0) is 6.54 Å². The van der Waals surface area contributed by atoms with Crippen molar-refractivity contribution in [2.45, 2.75) is 25.4 Å². The third-order valence-corrected chi connectivity index (χ3v) is 3.49. The van der Waals surface area contributed by atoms with Gasteiger partial charge in [-0.15, -0.1) is 0 Å². The van der Waals surface area contributed by atoms with E-state index in [0.717, 1.165) is 25.1 Å². The number of ether oxygens (including phenoxy) is 1. The van der Waals surface area contributed by atoms with E-state index < -0.39 is 4.92 Å². The number of hydrogen-bond acceptors (Lipinski definition) is 5. The van der Waals surface area contributed by atoms with E-state index in [2.05, 4.69) is 17.6 Å². The summed E-state index contributed by atoms with van der Waals surface area (Å²) in [4.78, 5) is 10.5. The average Bonchev–Trinajstić information content (AvgIpc) is 2.83. The molecular formula is C13H19N3O3. The Morgan fingerprint density at radius 3 is 2.89 bits per heavy atom. The lowest BCUT2D eigenvalue weighted by Crippen LogP contribution is -2.43. The van der Waals surface area contributed by atoms with Crippen LogP contribution in [0.1, 0.15) is 18.9 Å². The maximum absolute atomic E-state index is 10.9. The lowest BCUT2D eigenvalue weighted by atomic mass is 10.0. The van der Waals surface area contributed by atoms with Crippen molar-refractivity contribution in [3.63, 3.8) is 0 Å². The molecule has 0 aromatic heterocycles. The zero-order valence-corrected chi connectivity index (χ0v) is 11.2.